The largest absolute Gasteiger partial charge is 0.310 e. The van der Waals surface area contributed by atoms with Crippen molar-refractivity contribution in [3.05, 3.63) is 47.0 Å². The lowest BCUT2D eigenvalue weighted by Crippen LogP contribution is -2.37. The Hall–Kier alpha value is -1.70. The van der Waals surface area contributed by atoms with Crippen LogP contribution in [0.3, 0.4) is 0 Å². The van der Waals surface area contributed by atoms with E-state index in [0.717, 1.165) is 4.90 Å². The third-order valence-corrected chi connectivity index (χ3v) is 7.11. The number of benzene rings is 2. The Bertz CT molecular complexity index is 976. The van der Waals surface area contributed by atoms with Gasteiger partial charge in [0.1, 0.15) is 0 Å². The molecular weight excluding hydrogens is 392 g/mol. The summed E-state index contributed by atoms with van der Waals surface area (Å²) in [6.07, 6.45) is 0. The van der Waals surface area contributed by atoms with Gasteiger partial charge in [-0.2, -0.15) is 0 Å². The van der Waals surface area contributed by atoms with Crippen molar-refractivity contribution in [1.82, 2.24) is 0 Å². The quantitative estimate of drug-likeness (QED) is 0.819. The highest BCUT2D eigenvalue weighted by atomic mass is 35.5. The van der Waals surface area contributed by atoms with Gasteiger partial charge in [-0.1, -0.05) is 24.6 Å². The topological polar surface area (TPSA) is 66.5 Å². The van der Waals surface area contributed by atoms with Crippen LogP contribution in [-0.4, -0.2) is 26.1 Å². The van der Waals surface area contributed by atoms with Crippen LogP contribution in [0.1, 0.15) is 19.4 Å². The summed E-state index contributed by atoms with van der Waals surface area (Å²) in [6, 6.07) is 9.93. The second kappa shape index (κ2) is 7.13. The molecule has 1 aliphatic heterocycles. The smallest absolute Gasteiger partial charge is 0.261 e. The number of nitrogens with one attached hydrogen (secondary N) is 1. The highest BCUT2D eigenvalue weighted by molar-refractivity contribution is 8.00. The van der Waals surface area contributed by atoms with Crippen molar-refractivity contribution >= 4 is 50.7 Å². The zero-order valence-electron chi connectivity index (χ0n) is 14.6. The second-order valence-corrected chi connectivity index (χ2v) is 9.78. The minimum atomic E-state index is -3.80. The SMILES string of the molecule is CC(=O)N1C[C@@H](C)Sc2ccc(S(=O)(=O)Nc3cccc(Cl)c3C)cc21. The first-order valence-electron chi connectivity index (χ1n) is 8.06. The van der Waals surface area contributed by atoms with Crippen LogP contribution < -0.4 is 9.62 Å². The molecule has 0 saturated carbocycles. The lowest BCUT2D eigenvalue weighted by molar-refractivity contribution is -0.116. The predicted molar refractivity (Wildman–Crippen MR) is 107 cm³/mol. The van der Waals surface area contributed by atoms with E-state index in [9.17, 15) is 13.2 Å². The van der Waals surface area contributed by atoms with Gasteiger partial charge in [-0.05, 0) is 42.8 Å². The molecule has 0 spiro atoms. The minimum absolute atomic E-state index is 0.105. The summed E-state index contributed by atoms with van der Waals surface area (Å²) >= 11 is 7.70. The van der Waals surface area contributed by atoms with E-state index in [-0.39, 0.29) is 16.1 Å². The Labute approximate surface area is 162 Å². The first-order valence-corrected chi connectivity index (χ1v) is 10.8. The molecule has 0 fully saturated rings. The molecule has 3 rings (SSSR count). The van der Waals surface area contributed by atoms with Crippen molar-refractivity contribution in [1.29, 1.82) is 0 Å². The molecule has 1 N–H and O–H groups in total. The van der Waals surface area contributed by atoms with E-state index in [4.69, 9.17) is 11.6 Å². The van der Waals surface area contributed by atoms with Gasteiger partial charge >= 0.3 is 0 Å². The Kier molecular flexibility index (Phi) is 5.23. The number of anilines is 2. The molecular formula is C18H19ClN2O3S2. The first-order chi connectivity index (χ1) is 12.2. The first kappa shape index (κ1) is 19.1. The zero-order chi connectivity index (χ0) is 19.1. The third-order valence-electron chi connectivity index (χ3n) is 4.19. The van der Waals surface area contributed by atoms with Crippen LogP contribution >= 0.6 is 23.4 Å². The fourth-order valence-electron chi connectivity index (χ4n) is 2.80. The molecule has 1 aliphatic rings. The van der Waals surface area contributed by atoms with Crippen molar-refractivity contribution in [2.24, 2.45) is 0 Å². The summed E-state index contributed by atoms with van der Waals surface area (Å²) in [4.78, 5) is 14.6. The lowest BCUT2D eigenvalue weighted by Gasteiger charge is -2.32. The molecule has 0 unspecified atom stereocenters. The Morgan fingerprint density at radius 1 is 1.31 bits per heavy atom. The van der Waals surface area contributed by atoms with Crippen LogP contribution in [0.2, 0.25) is 5.02 Å². The molecule has 2 aromatic rings. The van der Waals surface area contributed by atoms with E-state index >= 15 is 0 Å². The second-order valence-electron chi connectivity index (χ2n) is 6.21. The number of amides is 1. The van der Waals surface area contributed by atoms with Gasteiger partial charge in [0, 0.05) is 28.6 Å². The van der Waals surface area contributed by atoms with Crippen molar-refractivity contribution < 1.29 is 13.2 Å². The number of halogens is 1. The molecule has 2 aromatic carbocycles. The van der Waals surface area contributed by atoms with E-state index in [0.29, 0.717) is 28.5 Å². The molecule has 8 heteroatoms. The Balaban J connectivity index is 2.00. The number of nitrogens with zero attached hydrogens (tertiary/aromatic N) is 1. The number of hydrogen-bond donors (Lipinski definition) is 1. The maximum absolute atomic E-state index is 12.8. The van der Waals surface area contributed by atoms with E-state index in [2.05, 4.69) is 4.72 Å². The maximum atomic E-state index is 12.8. The molecule has 1 atom stereocenters. The summed E-state index contributed by atoms with van der Waals surface area (Å²) in [5, 5.41) is 0.741. The summed E-state index contributed by atoms with van der Waals surface area (Å²) in [7, 11) is -3.80. The fraction of sp³-hybridized carbons (Fsp3) is 0.278. The normalized spacial score (nSPS) is 16.9. The van der Waals surface area contributed by atoms with Crippen LogP contribution in [0.25, 0.3) is 0 Å². The molecule has 1 heterocycles. The molecule has 138 valence electrons. The number of sulfonamides is 1. The number of fused-ring (bicyclic) bond motifs is 1. The summed E-state index contributed by atoms with van der Waals surface area (Å²) < 4.78 is 28.2. The van der Waals surface area contributed by atoms with Crippen LogP contribution in [0, 0.1) is 6.92 Å². The molecule has 0 aliphatic carbocycles. The van der Waals surface area contributed by atoms with Crippen LogP contribution in [-0.2, 0) is 14.8 Å². The third kappa shape index (κ3) is 3.70. The monoisotopic (exact) mass is 410 g/mol. The van der Waals surface area contributed by atoms with E-state index < -0.39 is 10.0 Å². The van der Waals surface area contributed by atoms with Gasteiger partial charge in [-0.3, -0.25) is 9.52 Å². The van der Waals surface area contributed by atoms with E-state index in [1.807, 2.05) is 6.92 Å². The summed E-state index contributed by atoms with van der Waals surface area (Å²) in [5.74, 6) is -0.105. The number of rotatable bonds is 3. The van der Waals surface area contributed by atoms with E-state index in [1.54, 1.807) is 60.0 Å². The molecule has 1 amide bonds. The minimum Gasteiger partial charge on any atom is -0.310 e. The van der Waals surface area contributed by atoms with Crippen molar-refractivity contribution in [3.8, 4) is 0 Å². The van der Waals surface area contributed by atoms with Gasteiger partial charge in [0.2, 0.25) is 5.91 Å². The Morgan fingerprint density at radius 3 is 2.73 bits per heavy atom. The summed E-state index contributed by atoms with van der Waals surface area (Å²) in [6.45, 7) is 5.83. The maximum Gasteiger partial charge on any atom is 0.261 e. The molecule has 26 heavy (non-hydrogen) atoms. The molecule has 0 aromatic heterocycles. The molecule has 0 radical (unpaired) electrons. The predicted octanol–water partition coefficient (Wildman–Crippen LogP) is 4.30. The molecule has 5 nitrogen and oxygen atoms in total. The van der Waals surface area contributed by atoms with Crippen LogP contribution in [0.15, 0.2) is 46.2 Å². The standard InChI is InChI=1S/C18H19ClN2O3S2/c1-11-10-21(13(3)22)17-9-14(7-8-18(17)25-11)26(23,24)20-16-6-4-5-15(19)12(16)2/h4-9,11,20H,10H2,1-3H3/t11-/m1/s1. The van der Waals surface area contributed by atoms with Gasteiger partial charge in [0.05, 0.1) is 16.3 Å². The van der Waals surface area contributed by atoms with Crippen LogP contribution in [0.4, 0.5) is 11.4 Å². The van der Waals surface area contributed by atoms with Crippen molar-refractivity contribution in [2.45, 2.75) is 35.8 Å². The van der Waals surface area contributed by atoms with Crippen molar-refractivity contribution in [3.63, 3.8) is 0 Å². The fourth-order valence-corrected chi connectivity index (χ4v) is 5.21. The number of thioether (sulfide) groups is 1. The zero-order valence-corrected chi connectivity index (χ0v) is 17.0. The number of hydrogen-bond acceptors (Lipinski definition) is 4. The molecule has 0 bridgehead atoms. The number of carbonyl (C=O) groups is 1. The lowest BCUT2D eigenvalue weighted by atomic mass is 10.2. The average molecular weight is 411 g/mol. The number of carbonyl (C=O) groups excluding carboxylic acids is 1. The molecule has 0 saturated heterocycles. The van der Waals surface area contributed by atoms with Gasteiger partial charge in [0.15, 0.2) is 0 Å². The van der Waals surface area contributed by atoms with Gasteiger partial charge in [-0.15, -0.1) is 11.8 Å². The van der Waals surface area contributed by atoms with Crippen LogP contribution in [0.5, 0.6) is 0 Å². The summed E-state index contributed by atoms with van der Waals surface area (Å²) in [5.41, 5.74) is 1.72. The Morgan fingerprint density at radius 2 is 2.04 bits per heavy atom. The van der Waals surface area contributed by atoms with E-state index in [1.165, 1.54) is 6.92 Å². The van der Waals surface area contributed by atoms with Crippen molar-refractivity contribution in [2.75, 3.05) is 16.2 Å². The van der Waals surface area contributed by atoms with Gasteiger partial charge in [0.25, 0.3) is 10.0 Å². The van der Waals surface area contributed by atoms with Gasteiger partial charge < -0.3 is 4.90 Å². The average Bonchev–Trinajstić information content (AvgIpc) is 2.57. The van der Waals surface area contributed by atoms with Gasteiger partial charge in [-0.25, -0.2) is 8.42 Å². The highest BCUT2D eigenvalue weighted by Crippen LogP contribution is 2.40. The highest BCUT2D eigenvalue weighted by Gasteiger charge is 2.27.